The number of ether oxygens (including phenoxy) is 1. The molecule has 1 aromatic heterocycles. The second kappa shape index (κ2) is 4.51. The zero-order valence-electron chi connectivity index (χ0n) is 6.98. The summed E-state index contributed by atoms with van der Waals surface area (Å²) in [7, 11) is 1.27. The molecule has 0 aliphatic heterocycles. The van der Waals surface area contributed by atoms with Crippen LogP contribution in [0.25, 0.3) is 0 Å². The van der Waals surface area contributed by atoms with Crippen molar-refractivity contribution in [1.29, 1.82) is 0 Å². The SMILES string of the molecule is COC(=O)c1cc(N)c(N)cn1.Cl. The third kappa shape index (κ3) is 2.48. The van der Waals surface area contributed by atoms with Crippen LogP contribution in [0.2, 0.25) is 0 Å². The molecule has 0 atom stereocenters. The number of anilines is 2. The molecule has 0 amide bonds. The standard InChI is InChI=1S/C7H9N3O2.ClH/c1-12-7(11)6-2-4(8)5(9)3-10-6;/h2-3H,9H2,1H3,(H2,8,10);1H. The van der Waals surface area contributed by atoms with E-state index in [0.717, 1.165) is 0 Å². The van der Waals surface area contributed by atoms with E-state index in [1.54, 1.807) is 0 Å². The highest BCUT2D eigenvalue weighted by Crippen LogP contribution is 2.13. The number of pyridine rings is 1. The van der Waals surface area contributed by atoms with Gasteiger partial charge in [-0.05, 0) is 6.07 Å². The number of hydrogen-bond donors (Lipinski definition) is 2. The average Bonchev–Trinajstić information content (AvgIpc) is 2.08. The van der Waals surface area contributed by atoms with Crippen molar-refractivity contribution in [3.05, 3.63) is 18.0 Å². The molecule has 1 heterocycles. The van der Waals surface area contributed by atoms with Crippen molar-refractivity contribution in [3.8, 4) is 0 Å². The number of nitrogens with two attached hydrogens (primary N) is 2. The molecule has 1 rings (SSSR count). The van der Waals surface area contributed by atoms with Gasteiger partial charge in [0.1, 0.15) is 0 Å². The predicted octanol–water partition coefficient (Wildman–Crippen LogP) is 0.454. The molecule has 0 aliphatic carbocycles. The van der Waals surface area contributed by atoms with Crippen molar-refractivity contribution in [2.45, 2.75) is 0 Å². The summed E-state index contributed by atoms with van der Waals surface area (Å²) < 4.78 is 4.43. The molecule has 0 fully saturated rings. The van der Waals surface area contributed by atoms with Gasteiger partial charge in [0.15, 0.2) is 5.69 Å². The number of rotatable bonds is 1. The molecule has 0 bridgehead atoms. The normalized spacial score (nSPS) is 8.69. The summed E-state index contributed by atoms with van der Waals surface area (Å²) in [6.07, 6.45) is 1.32. The Morgan fingerprint density at radius 3 is 2.54 bits per heavy atom. The molecule has 5 nitrogen and oxygen atoms in total. The molecule has 4 N–H and O–H groups in total. The largest absolute Gasteiger partial charge is 0.464 e. The van der Waals surface area contributed by atoms with Gasteiger partial charge in [-0.2, -0.15) is 0 Å². The lowest BCUT2D eigenvalue weighted by atomic mass is 10.3. The summed E-state index contributed by atoms with van der Waals surface area (Å²) in [4.78, 5) is 14.6. The van der Waals surface area contributed by atoms with Crippen LogP contribution in [-0.2, 0) is 4.74 Å². The van der Waals surface area contributed by atoms with E-state index in [2.05, 4.69) is 9.72 Å². The van der Waals surface area contributed by atoms with Crippen LogP contribution in [0.4, 0.5) is 11.4 Å². The van der Waals surface area contributed by atoms with Crippen molar-refractivity contribution >= 4 is 29.8 Å². The highest BCUT2D eigenvalue weighted by Gasteiger charge is 2.07. The molecule has 13 heavy (non-hydrogen) atoms. The maximum atomic E-state index is 10.9. The molecule has 0 saturated carbocycles. The zero-order chi connectivity index (χ0) is 9.14. The first kappa shape index (κ1) is 11.5. The molecule has 0 aliphatic rings. The van der Waals surface area contributed by atoms with E-state index in [9.17, 15) is 4.79 Å². The number of nitrogen functional groups attached to an aromatic ring is 2. The van der Waals surface area contributed by atoms with Gasteiger partial charge < -0.3 is 16.2 Å². The van der Waals surface area contributed by atoms with E-state index in [4.69, 9.17) is 11.5 Å². The Balaban J connectivity index is 0.00000144. The number of methoxy groups -OCH3 is 1. The summed E-state index contributed by atoms with van der Waals surface area (Å²) >= 11 is 0. The van der Waals surface area contributed by atoms with Gasteiger partial charge >= 0.3 is 5.97 Å². The Bertz CT molecular complexity index is 317. The van der Waals surface area contributed by atoms with Crippen molar-refractivity contribution in [2.24, 2.45) is 0 Å². The number of esters is 1. The third-order valence-corrected chi connectivity index (χ3v) is 1.36. The predicted molar refractivity (Wildman–Crippen MR) is 51.6 cm³/mol. The van der Waals surface area contributed by atoms with Gasteiger partial charge in [0.2, 0.25) is 0 Å². The van der Waals surface area contributed by atoms with Gasteiger partial charge in [-0.1, -0.05) is 0 Å². The minimum atomic E-state index is -0.526. The maximum Gasteiger partial charge on any atom is 0.356 e. The molecular formula is C7H10ClN3O2. The van der Waals surface area contributed by atoms with Gasteiger partial charge in [-0.15, -0.1) is 12.4 Å². The minimum absolute atomic E-state index is 0. The topological polar surface area (TPSA) is 91.2 Å². The van der Waals surface area contributed by atoms with Crippen LogP contribution in [-0.4, -0.2) is 18.1 Å². The second-order valence-electron chi connectivity index (χ2n) is 2.19. The molecule has 0 aromatic carbocycles. The van der Waals surface area contributed by atoms with E-state index >= 15 is 0 Å². The lowest BCUT2D eigenvalue weighted by Crippen LogP contribution is -2.06. The monoisotopic (exact) mass is 203 g/mol. The van der Waals surface area contributed by atoms with Crippen LogP contribution >= 0.6 is 12.4 Å². The van der Waals surface area contributed by atoms with Crippen LogP contribution in [0.5, 0.6) is 0 Å². The van der Waals surface area contributed by atoms with E-state index in [-0.39, 0.29) is 18.1 Å². The van der Waals surface area contributed by atoms with Crippen molar-refractivity contribution < 1.29 is 9.53 Å². The summed E-state index contributed by atoms with van der Waals surface area (Å²) in [5.41, 5.74) is 11.7. The maximum absolute atomic E-state index is 10.9. The number of nitrogens with zero attached hydrogens (tertiary/aromatic N) is 1. The third-order valence-electron chi connectivity index (χ3n) is 1.36. The van der Waals surface area contributed by atoms with Gasteiger partial charge in [-0.3, -0.25) is 0 Å². The number of carbonyl (C=O) groups is 1. The quantitative estimate of drug-likeness (QED) is 0.647. The number of aromatic nitrogens is 1. The van der Waals surface area contributed by atoms with E-state index < -0.39 is 5.97 Å². The van der Waals surface area contributed by atoms with Gasteiger partial charge in [0.05, 0.1) is 24.7 Å². The fourth-order valence-corrected chi connectivity index (χ4v) is 0.698. The average molecular weight is 204 g/mol. The van der Waals surface area contributed by atoms with Gasteiger partial charge in [-0.25, -0.2) is 9.78 Å². The van der Waals surface area contributed by atoms with Crippen LogP contribution in [0.15, 0.2) is 12.3 Å². The van der Waals surface area contributed by atoms with Crippen LogP contribution < -0.4 is 11.5 Å². The van der Waals surface area contributed by atoms with E-state index in [0.29, 0.717) is 11.4 Å². The Kier molecular flexibility index (Phi) is 4.00. The molecule has 0 unspecified atom stereocenters. The first-order valence-corrected chi connectivity index (χ1v) is 3.24. The smallest absolute Gasteiger partial charge is 0.356 e. The van der Waals surface area contributed by atoms with Crippen molar-refractivity contribution in [3.63, 3.8) is 0 Å². The summed E-state index contributed by atoms with van der Waals surface area (Å²) in [6, 6.07) is 1.38. The Morgan fingerprint density at radius 2 is 2.08 bits per heavy atom. The number of carbonyl (C=O) groups excluding carboxylic acids is 1. The van der Waals surface area contributed by atoms with Gasteiger partial charge in [0, 0.05) is 0 Å². The van der Waals surface area contributed by atoms with Crippen LogP contribution in [0.3, 0.4) is 0 Å². The lowest BCUT2D eigenvalue weighted by molar-refractivity contribution is 0.0594. The molecular weight excluding hydrogens is 194 g/mol. The number of hydrogen-bond acceptors (Lipinski definition) is 5. The molecule has 1 aromatic rings. The minimum Gasteiger partial charge on any atom is -0.464 e. The molecule has 0 spiro atoms. The molecule has 0 radical (unpaired) electrons. The summed E-state index contributed by atoms with van der Waals surface area (Å²) in [6.45, 7) is 0. The first-order chi connectivity index (χ1) is 5.65. The van der Waals surface area contributed by atoms with Crippen LogP contribution in [0, 0.1) is 0 Å². The fraction of sp³-hybridized carbons (Fsp3) is 0.143. The van der Waals surface area contributed by atoms with E-state index in [1.807, 2.05) is 0 Å². The summed E-state index contributed by atoms with van der Waals surface area (Å²) in [5.74, 6) is -0.526. The first-order valence-electron chi connectivity index (χ1n) is 3.24. The highest BCUT2D eigenvalue weighted by molar-refractivity contribution is 5.89. The Morgan fingerprint density at radius 1 is 1.46 bits per heavy atom. The molecule has 6 heteroatoms. The summed E-state index contributed by atoms with van der Waals surface area (Å²) in [5, 5.41) is 0. The van der Waals surface area contributed by atoms with Gasteiger partial charge in [0.25, 0.3) is 0 Å². The highest BCUT2D eigenvalue weighted by atomic mass is 35.5. The molecule has 72 valence electrons. The number of halogens is 1. The van der Waals surface area contributed by atoms with Crippen molar-refractivity contribution in [2.75, 3.05) is 18.6 Å². The fourth-order valence-electron chi connectivity index (χ4n) is 0.698. The molecule has 0 saturated heterocycles. The Hall–Kier alpha value is -1.49. The lowest BCUT2D eigenvalue weighted by Gasteiger charge is -2.01. The van der Waals surface area contributed by atoms with Crippen LogP contribution in [0.1, 0.15) is 10.5 Å². The van der Waals surface area contributed by atoms with E-state index in [1.165, 1.54) is 19.4 Å². The second-order valence-corrected chi connectivity index (χ2v) is 2.19. The Labute approximate surface area is 81.5 Å². The van der Waals surface area contributed by atoms with Crippen molar-refractivity contribution in [1.82, 2.24) is 4.98 Å². The zero-order valence-corrected chi connectivity index (χ0v) is 7.80.